The molecule has 3 heteroatoms. The summed E-state index contributed by atoms with van der Waals surface area (Å²) in [6, 6.07) is 0.516. The summed E-state index contributed by atoms with van der Waals surface area (Å²) in [6.45, 7) is 14.0. The van der Waals surface area contributed by atoms with Gasteiger partial charge in [0.1, 0.15) is 0 Å². The van der Waals surface area contributed by atoms with Crippen LogP contribution in [-0.4, -0.2) is 37.0 Å². The van der Waals surface area contributed by atoms with Crippen molar-refractivity contribution in [3.63, 3.8) is 0 Å². The predicted octanol–water partition coefficient (Wildman–Crippen LogP) is 2.98. The highest BCUT2D eigenvalue weighted by Crippen LogP contribution is 2.45. The van der Waals surface area contributed by atoms with Gasteiger partial charge in [0.2, 0.25) is 0 Å². The molecule has 0 spiro atoms. The van der Waals surface area contributed by atoms with Gasteiger partial charge in [-0.2, -0.15) is 0 Å². The molecular formula is C16H31NO2. The highest BCUT2D eigenvalue weighted by molar-refractivity contribution is 5.01. The zero-order chi connectivity index (χ0) is 14.1. The topological polar surface area (TPSA) is 30.5 Å². The van der Waals surface area contributed by atoms with Crippen LogP contribution in [0, 0.1) is 11.8 Å². The average Bonchev–Trinajstić information content (AvgIpc) is 2.55. The van der Waals surface area contributed by atoms with E-state index in [9.17, 15) is 0 Å². The summed E-state index contributed by atoms with van der Waals surface area (Å²) in [5.41, 5.74) is -0.0505. The quantitative estimate of drug-likeness (QED) is 0.851. The normalized spacial score (nSPS) is 35.2. The number of hydrogen-bond donors (Lipinski definition) is 1. The average molecular weight is 269 g/mol. The minimum atomic E-state index is -0.0478. The molecule has 19 heavy (non-hydrogen) atoms. The van der Waals surface area contributed by atoms with Gasteiger partial charge < -0.3 is 14.8 Å². The Morgan fingerprint density at radius 3 is 2.47 bits per heavy atom. The maximum atomic E-state index is 6.29. The zero-order valence-electron chi connectivity index (χ0n) is 13.3. The molecule has 0 aromatic heterocycles. The van der Waals surface area contributed by atoms with Crippen molar-refractivity contribution in [3.8, 4) is 0 Å². The lowest BCUT2D eigenvalue weighted by Crippen LogP contribution is -2.50. The van der Waals surface area contributed by atoms with Gasteiger partial charge >= 0.3 is 0 Å². The summed E-state index contributed by atoms with van der Waals surface area (Å²) < 4.78 is 12.0. The van der Waals surface area contributed by atoms with Gasteiger partial charge in [-0.15, -0.1) is 0 Å². The Morgan fingerprint density at radius 1 is 1.26 bits per heavy atom. The summed E-state index contributed by atoms with van der Waals surface area (Å²) >= 11 is 0. The molecule has 1 N–H and O–H groups in total. The van der Waals surface area contributed by atoms with Gasteiger partial charge in [0.05, 0.1) is 17.8 Å². The number of hydrogen-bond acceptors (Lipinski definition) is 3. The minimum Gasteiger partial charge on any atom is -0.381 e. The van der Waals surface area contributed by atoms with Crippen molar-refractivity contribution in [2.75, 3.05) is 19.8 Å². The van der Waals surface area contributed by atoms with E-state index in [0.29, 0.717) is 17.9 Å². The second-order valence-corrected chi connectivity index (χ2v) is 7.34. The predicted molar refractivity (Wildman–Crippen MR) is 78.4 cm³/mol. The molecule has 3 unspecified atom stereocenters. The number of ether oxygens (including phenoxy) is 2. The Bertz CT molecular complexity index is 295. The lowest BCUT2D eigenvalue weighted by molar-refractivity contribution is -0.0826. The number of nitrogens with one attached hydrogen (secondary N) is 1. The summed E-state index contributed by atoms with van der Waals surface area (Å²) in [5, 5.41) is 3.73. The van der Waals surface area contributed by atoms with Gasteiger partial charge in [-0.05, 0) is 59.4 Å². The molecule has 0 aromatic carbocycles. The van der Waals surface area contributed by atoms with Crippen molar-refractivity contribution in [1.29, 1.82) is 0 Å². The smallest absolute Gasteiger partial charge is 0.0677 e. The van der Waals surface area contributed by atoms with E-state index in [2.05, 4.69) is 39.9 Å². The Hall–Kier alpha value is -0.120. The van der Waals surface area contributed by atoms with E-state index in [1.807, 2.05) is 0 Å². The third-order valence-electron chi connectivity index (χ3n) is 4.72. The second kappa shape index (κ2) is 5.71. The van der Waals surface area contributed by atoms with Crippen molar-refractivity contribution < 1.29 is 9.47 Å². The third kappa shape index (κ3) is 3.50. The molecule has 0 saturated carbocycles. The Morgan fingerprint density at radius 2 is 2.00 bits per heavy atom. The third-order valence-corrected chi connectivity index (χ3v) is 4.72. The van der Waals surface area contributed by atoms with Crippen LogP contribution in [-0.2, 0) is 9.47 Å². The molecule has 112 valence electrons. The van der Waals surface area contributed by atoms with Crippen molar-refractivity contribution in [2.24, 2.45) is 11.8 Å². The first kappa shape index (κ1) is 15.3. The molecule has 2 aliphatic rings. The maximum absolute atomic E-state index is 6.29. The number of rotatable bonds is 4. The van der Waals surface area contributed by atoms with Crippen molar-refractivity contribution in [2.45, 2.75) is 71.1 Å². The molecule has 0 radical (unpaired) electrons. The van der Waals surface area contributed by atoms with Gasteiger partial charge in [0.25, 0.3) is 0 Å². The van der Waals surface area contributed by atoms with Crippen LogP contribution in [0.5, 0.6) is 0 Å². The fourth-order valence-corrected chi connectivity index (χ4v) is 4.09. The van der Waals surface area contributed by atoms with Gasteiger partial charge in [-0.3, -0.25) is 0 Å². The van der Waals surface area contributed by atoms with E-state index in [1.165, 1.54) is 12.8 Å². The van der Waals surface area contributed by atoms with Crippen LogP contribution < -0.4 is 5.32 Å². The molecule has 2 rings (SSSR count). The van der Waals surface area contributed by atoms with Crippen LogP contribution in [0.25, 0.3) is 0 Å². The lowest BCUT2D eigenvalue weighted by Gasteiger charge is -2.39. The molecule has 2 fully saturated rings. The van der Waals surface area contributed by atoms with Crippen LogP contribution in [0.4, 0.5) is 0 Å². The molecule has 0 aliphatic carbocycles. The zero-order valence-corrected chi connectivity index (χ0v) is 13.3. The van der Waals surface area contributed by atoms with E-state index in [4.69, 9.17) is 9.47 Å². The standard InChI is InChI=1S/C16H31NO2/c1-6-17-14(12-8-7-9-18-11-12)13-10-15(2,3)19-16(13,4)5/h12-14,17H,6-11H2,1-5H3. The minimum absolute atomic E-state index is 0.00262. The highest BCUT2D eigenvalue weighted by Gasteiger charge is 2.50. The Balaban J connectivity index is 2.13. The van der Waals surface area contributed by atoms with Crippen LogP contribution in [0.15, 0.2) is 0 Å². The van der Waals surface area contributed by atoms with Gasteiger partial charge in [0.15, 0.2) is 0 Å². The summed E-state index contributed by atoms with van der Waals surface area (Å²) in [4.78, 5) is 0. The molecule has 0 aromatic rings. The Kier molecular flexibility index (Phi) is 4.59. The fraction of sp³-hybridized carbons (Fsp3) is 1.00. The highest BCUT2D eigenvalue weighted by atomic mass is 16.5. The van der Waals surface area contributed by atoms with Crippen LogP contribution in [0.3, 0.4) is 0 Å². The summed E-state index contributed by atoms with van der Waals surface area (Å²) in [7, 11) is 0. The summed E-state index contributed by atoms with van der Waals surface area (Å²) in [6.07, 6.45) is 3.61. The first-order valence-electron chi connectivity index (χ1n) is 7.87. The summed E-state index contributed by atoms with van der Waals surface area (Å²) in [5.74, 6) is 1.20. The lowest BCUT2D eigenvalue weighted by atomic mass is 9.75. The monoisotopic (exact) mass is 269 g/mol. The van der Waals surface area contributed by atoms with E-state index >= 15 is 0 Å². The maximum Gasteiger partial charge on any atom is 0.0677 e. The van der Waals surface area contributed by atoms with Gasteiger partial charge in [-0.1, -0.05) is 6.92 Å². The van der Waals surface area contributed by atoms with Crippen molar-refractivity contribution in [1.82, 2.24) is 5.32 Å². The van der Waals surface area contributed by atoms with E-state index < -0.39 is 0 Å². The molecule has 2 heterocycles. The van der Waals surface area contributed by atoms with E-state index in [-0.39, 0.29) is 11.2 Å². The van der Waals surface area contributed by atoms with E-state index in [0.717, 1.165) is 26.2 Å². The van der Waals surface area contributed by atoms with Crippen molar-refractivity contribution in [3.05, 3.63) is 0 Å². The SMILES string of the molecule is CCNC(C1CCCOC1)C1CC(C)(C)OC1(C)C. The molecular weight excluding hydrogens is 238 g/mol. The molecule has 2 aliphatic heterocycles. The molecule has 0 amide bonds. The first-order chi connectivity index (χ1) is 8.86. The second-order valence-electron chi connectivity index (χ2n) is 7.34. The molecule has 3 nitrogen and oxygen atoms in total. The largest absolute Gasteiger partial charge is 0.381 e. The van der Waals surface area contributed by atoms with Gasteiger partial charge in [0, 0.05) is 18.6 Å². The van der Waals surface area contributed by atoms with Crippen LogP contribution in [0.2, 0.25) is 0 Å². The van der Waals surface area contributed by atoms with E-state index in [1.54, 1.807) is 0 Å². The first-order valence-corrected chi connectivity index (χ1v) is 7.87. The van der Waals surface area contributed by atoms with Gasteiger partial charge in [-0.25, -0.2) is 0 Å². The fourth-order valence-electron chi connectivity index (χ4n) is 4.09. The molecule has 3 atom stereocenters. The Labute approximate surface area is 118 Å². The van der Waals surface area contributed by atoms with Crippen LogP contribution in [0.1, 0.15) is 53.9 Å². The molecule has 0 bridgehead atoms. The molecule has 2 saturated heterocycles. The van der Waals surface area contributed by atoms with Crippen LogP contribution >= 0.6 is 0 Å². The van der Waals surface area contributed by atoms with Crippen molar-refractivity contribution >= 4 is 0 Å².